The van der Waals surface area contributed by atoms with Gasteiger partial charge in [-0.05, 0) is 31.2 Å². The van der Waals surface area contributed by atoms with Crippen molar-refractivity contribution in [1.29, 1.82) is 0 Å². The Morgan fingerprint density at radius 1 is 1.21 bits per heavy atom. The van der Waals surface area contributed by atoms with Crippen molar-refractivity contribution in [1.82, 2.24) is 5.32 Å². The number of nitrogens with zero attached hydrogens (tertiary/aromatic N) is 1. The lowest BCUT2D eigenvalue weighted by atomic mass is 10.2. The smallest absolute Gasteiger partial charge is 0.261 e. The summed E-state index contributed by atoms with van der Waals surface area (Å²) in [6.07, 6.45) is 0.725. The van der Waals surface area contributed by atoms with Crippen LogP contribution in [0.2, 0.25) is 0 Å². The van der Waals surface area contributed by atoms with E-state index in [9.17, 15) is 13.2 Å². The van der Waals surface area contributed by atoms with Crippen LogP contribution in [0.25, 0.3) is 0 Å². The molecule has 8 heteroatoms. The van der Waals surface area contributed by atoms with Crippen molar-refractivity contribution >= 4 is 33.4 Å². The summed E-state index contributed by atoms with van der Waals surface area (Å²) in [6, 6.07) is 15.1. The van der Waals surface area contributed by atoms with Crippen LogP contribution < -0.4 is 14.4 Å². The van der Waals surface area contributed by atoms with E-state index in [1.54, 1.807) is 36.0 Å². The van der Waals surface area contributed by atoms with Crippen LogP contribution >= 0.6 is 11.8 Å². The van der Waals surface area contributed by atoms with Crippen LogP contribution in [0.3, 0.4) is 0 Å². The first kappa shape index (κ1) is 20.5. The summed E-state index contributed by atoms with van der Waals surface area (Å²) in [6.45, 7) is 2.76. The Labute approximate surface area is 170 Å². The molecule has 0 aromatic heterocycles. The predicted octanol–water partition coefficient (Wildman–Crippen LogP) is 2.82. The molecule has 2 aromatic rings. The molecule has 1 N–H and O–H groups in total. The molecule has 2 aromatic carbocycles. The molecule has 0 fully saturated rings. The molecule has 0 aliphatic carbocycles. The monoisotopic (exact) mass is 420 g/mol. The van der Waals surface area contributed by atoms with Crippen molar-refractivity contribution in [2.24, 2.45) is 0 Å². The molecule has 1 atom stereocenters. The fourth-order valence-electron chi connectivity index (χ4n) is 2.95. The lowest BCUT2D eigenvalue weighted by molar-refractivity contribution is -0.127. The number of amides is 1. The summed E-state index contributed by atoms with van der Waals surface area (Å²) in [4.78, 5) is 13.7. The van der Waals surface area contributed by atoms with E-state index >= 15 is 0 Å². The van der Waals surface area contributed by atoms with Gasteiger partial charge in [-0.25, -0.2) is 8.42 Å². The van der Waals surface area contributed by atoms with Crippen LogP contribution in [-0.4, -0.2) is 45.5 Å². The summed E-state index contributed by atoms with van der Waals surface area (Å²) in [5.74, 6) is 0.919. The van der Waals surface area contributed by atoms with Crippen molar-refractivity contribution in [3.63, 3.8) is 0 Å². The van der Waals surface area contributed by atoms with Crippen molar-refractivity contribution in [2.45, 2.75) is 24.3 Å². The number of fused-ring (bicyclic) bond motifs is 1. The highest BCUT2D eigenvalue weighted by molar-refractivity contribution is 7.99. The molecule has 28 heavy (non-hydrogen) atoms. The number of para-hydroxylation sites is 2. The van der Waals surface area contributed by atoms with E-state index in [1.165, 1.54) is 9.87 Å². The minimum absolute atomic E-state index is 0.200. The first-order chi connectivity index (χ1) is 13.3. The minimum Gasteiger partial charge on any atom is -0.478 e. The van der Waals surface area contributed by atoms with Gasteiger partial charge in [-0.15, -0.1) is 11.8 Å². The Hall–Kier alpha value is -2.19. The number of anilines is 1. The number of rotatable bonds is 6. The van der Waals surface area contributed by atoms with Gasteiger partial charge in [-0.2, -0.15) is 0 Å². The normalized spacial score (nSPS) is 16.6. The van der Waals surface area contributed by atoms with Gasteiger partial charge in [0.05, 0.1) is 11.9 Å². The molecule has 0 bridgehead atoms. The minimum atomic E-state index is -3.45. The van der Waals surface area contributed by atoms with Crippen LogP contribution in [0.4, 0.5) is 5.69 Å². The number of hydrogen-bond donors (Lipinski definition) is 1. The Bertz CT molecular complexity index is 929. The van der Waals surface area contributed by atoms with Crippen molar-refractivity contribution in [3.8, 4) is 5.75 Å². The number of thioether (sulfide) groups is 1. The maximum absolute atomic E-state index is 12.6. The summed E-state index contributed by atoms with van der Waals surface area (Å²) in [7, 11) is -3.45. The van der Waals surface area contributed by atoms with Crippen molar-refractivity contribution in [2.75, 3.05) is 29.4 Å². The first-order valence-electron chi connectivity index (χ1n) is 9.05. The van der Waals surface area contributed by atoms with Gasteiger partial charge in [0.2, 0.25) is 10.0 Å². The largest absolute Gasteiger partial charge is 0.478 e. The third-order valence-corrected chi connectivity index (χ3v) is 6.58. The molecule has 0 spiro atoms. The van der Waals surface area contributed by atoms with E-state index in [-0.39, 0.29) is 12.5 Å². The average molecular weight is 421 g/mol. The Balaban J connectivity index is 1.58. The van der Waals surface area contributed by atoms with E-state index in [4.69, 9.17) is 4.74 Å². The highest BCUT2D eigenvalue weighted by Gasteiger charge is 2.30. The topological polar surface area (TPSA) is 75.7 Å². The maximum Gasteiger partial charge on any atom is 0.261 e. The molecule has 3 rings (SSSR count). The molecule has 0 saturated heterocycles. The maximum atomic E-state index is 12.6. The second-order valence-corrected chi connectivity index (χ2v) is 9.73. The molecule has 0 saturated carbocycles. The van der Waals surface area contributed by atoms with Gasteiger partial charge in [-0.1, -0.05) is 29.8 Å². The van der Waals surface area contributed by atoms with E-state index in [2.05, 4.69) is 29.6 Å². The molecule has 150 valence electrons. The molecule has 1 aliphatic rings. The second-order valence-electron chi connectivity index (χ2n) is 6.65. The fourth-order valence-corrected chi connectivity index (χ4v) is 4.66. The molecule has 6 nitrogen and oxygen atoms in total. The number of aryl methyl sites for hydroxylation is 1. The quantitative estimate of drug-likeness (QED) is 0.575. The summed E-state index contributed by atoms with van der Waals surface area (Å²) >= 11 is 1.67. The lowest BCUT2D eigenvalue weighted by Gasteiger charge is -2.20. The Kier molecular flexibility index (Phi) is 6.51. The van der Waals surface area contributed by atoms with E-state index in [1.807, 2.05) is 6.92 Å². The van der Waals surface area contributed by atoms with Gasteiger partial charge in [-0.3, -0.25) is 9.10 Å². The highest BCUT2D eigenvalue weighted by atomic mass is 32.2. The van der Waals surface area contributed by atoms with Gasteiger partial charge >= 0.3 is 0 Å². The van der Waals surface area contributed by atoms with Crippen LogP contribution in [0.1, 0.15) is 12.0 Å². The lowest BCUT2D eigenvalue weighted by Crippen LogP contribution is -2.40. The third-order valence-electron chi connectivity index (χ3n) is 4.38. The zero-order chi connectivity index (χ0) is 20.1. The van der Waals surface area contributed by atoms with Gasteiger partial charge in [0.25, 0.3) is 5.91 Å². The predicted molar refractivity (Wildman–Crippen MR) is 113 cm³/mol. The summed E-state index contributed by atoms with van der Waals surface area (Å²) in [5, 5.41) is 2.89. The van der Waals surface area contributed by atoms with E-state index in [0.717, 1.165) is 16.9 Å². The molecule has 1 aliphatic heterocycles. The van der Waals surface area contributed by atoms with Gasteiger partial charge < -0.3 is 10.1 Å². The summed E-state index contributed by atoms with van der Waals surface area (Å²) < 4.78 is 31.4. The fraction of sp³-hybridized carbons (Fsp3) is 0.350. The summed E-state index contributed by atoms with van der Waals surface area (Å²) in [5.41, 5.74) is 1.68. The number of ether oxygens (including phenoxy) is 1. The third kappa shape index (κ3) is 5.20. The number of sulfonamides is 1. The Morgan fingerprint density at radius 2 is 1.93 bits per heavy atom. The van der Waals surface area contributed by atoms with Crippen LogP contribution in [0.15, 0.2) is 53.4 Å². The van der Waals surface area contributed by atoms with Crippen LogP contribution in [0, 0.1) is 6.92 Å². The van der Waals surface area contributed by atoms with Gasteiger partial charge in [0.15, 0.2) is 6.10 Å². The molecule has 1 unspecified atom stereocenters. The number of carbonyl (C=O) groups is 1. The molecular weight excluding hydrogens is 396 g/mol. The highest BCUT2D eigenvalue weighted by Crippen LogP contribution is 2.33. The SMILES string of the molecule is Cc1ccc(SCCNC(=O)C2CCN(S(C)(=O)=O)c3ccccc3O2)cc1. The number of carbonyl (C=O) groups excluding carboxylic acids is 1. The number of nitrogens with one attached hydrogen (secondary N) is 1. The zero-order valence-corrected chi connectivity index (χ0v) is 17.6. The Morgan fingerprint density at radius 3 is 2.64 bits per heavy atom. The van der Waals surface area contributed by atoms with E-state index in [0.29, 0.717) is 24.4 Å². The number of hydrogen-bond acceptors (Lipinski definition) is 5. The standard InChI is InChI=1S/C20H24N2O4S2/c1-15-7-9-16(10-8-15)27-14-12-21-20(23)19-11-13-22(28(2,24)25)17-5-3-4-6-18(17)26-19/h3-10,19H,11-14H2,1-2H3,(H,21,23). The van der Waals surface area contributed by atoms with Crippen molar-refractivity contribution in [3.05, 3.63) is 54.1 Å². The molecule has 0 radical (unpaired) electrons. The molecule has 1 amide bonds. The first-order valence-corrected chi connectivity index (χ1v) is 11.9. The van der Waals surface area contributed by atoms with E-state index < -0.39 is 16.1 Å². The molecule has 1 heterocycles. The molecular formula is C20H24N2O4S2. The second kappa shape index (κ2) is 8.87. The zero-order valence-electron chi connectivity index (χ0n) is 15.9. The van der Waals surface area contributed by atoms with Crippen molar-refractivity contribution < 1.29 is 17.9 Å². The van der Waals surface area contributed by atoms with Gasteiger partial charge in [0, 0.05) is 30.2 Å². The number of benzene rings is 2. The average Bonchev–Trinajstić information content (AvgIpc) is 2.86. The van der Waals surface area contributed by atoms with Gasteiger partial charge in [0.1, 0.15) is 5.75 Å². The van der Waals surface area contributed by atoms with Crippen LogP contribution in [0.5, 0.6) is 5.75 Å². The van der Waals surface area contributed by atoms with Crippen LogP contribution in [-0.2, 0) is 14.8 Å².